The van der Waals surface area contributed by atoms with E-state index in [2.05, 4.69) is 26.1 Å². The average Bonchev–Trinajstić information content (AvgIpc) is 2.00. The van der Waals surface area contributed by atoms with Crippen LogP contribution in [-0.4, -0.2) is 23.8 Å². The van der Waals surface area contributed by atoms with Crippen LogP contribution >= 0.6 is 0 Å². The van der Waals surface area contributed by atoms with Crippen molar-refractivity contribution in [1.82, 2.24) is 5.32 Å². The predicted octanol–water partition coefficient (Wildman–Crippen LogP) is 2.17. The number of aliphatic hydroxyl groups excluding tert-OH is 1. The van der Waals surface area contributed by atoms with Gasteiger partial charge in [-0.2, -0.15) is 0 Å². The van der Waals surface area contributed by atoms with E-state index in [1.165, 1.54) is 19.3 Å². The van der Waals surface area contributed by atoms with E-state index in [4.69, 9.17) is 0 Å². The second-order valence-corrected chi connectivity index (χ2v) is 5.75. The van der Waals surface area contributed by atoms with Gasteiger partial charge < -0.3 is 10.4 Å². The van der Waals surface area contributed by atoms with Gasteiger partial charge in [0.2, 0.25) is 0 Å². The first-order chi connectivity index (χ1) is 6.41. The van der Waals surface area contributed by atoms with Crippen LogP contribution < -0.4 is 5.32 Å². The smallest absolute Gasteiger partial charge is 0.0636 e. The first-order valence-corrected chi connectivity index (χ1v) is 5.82. The molecule has 3 unspecified atom stereocenters. The summed E-state index contributed by atoms with van der Waals surface area (Å²) in [7, 11) is 0. The Kier molecular flexibility index (Phi) is 3.96. The number of hydrogen-bond acceptors (Lipinski definition) is 2. The summed E-state index contributed by atoms with van der Waals surface area (Å²) < 4.78 is 0. The number of rotatable bonds is 3. The van der Waals surface area contributed by atoms with E-state index in [1.54, 1.807) is 0 Å². The molecule has 0 amide bonds. The van der Waals surface area contributed by atoms with Crippen LogP contribution in [0.15, 0.2) is 0 Å². The van der Waals surface area contributed by atoms with Gasteiger partial charge in [-0.15, -0.1) is 0 Å². The van der Waals surface area contributed by atoms with E-state index in [1.807, 2.05) is 6.92 Å². The average molecular weight is 199 g/mol. The van der Waals surface area contributed by atoms with Crippen LogP contribution in [0.3, 0.4) is 0 Å². The molecule has 1 aliphatic rings. The third-order valence-electron chi connectivity index (χ3n) is 3.37. The summed E-state index contributed by atoms with van der Waals surface area (Å²) in [6, 6.07) is 0.609. The Hall–Kier alpha value is -0.0800. The lowest BCUT2D eigenvalue weighted by atomic mass is 9.70. The Balaban J connectivity index is 2.35. The lowest BCUT2D eigenvalue weighted by molar-refractivity contribution is 0.129. The largest absolute Gasteiger partial charge is 0.392 e. The van der Waals surface area contributed by atoms with Gasteiger partial charge in [-0.25, -0.2) is 0 Å². The molecule has 3 atom stereocenters. The third-order valence-corrected chi connectivity index (χ3v) is 3.37. The van der Waals surface area contributed by atoms with Gasteiger partial charge in [-0.05, 0) is 37.5 Å². The zero-order chi connectivity index (χ0) is 10.8. The van der Waals surface area contributed by atoms with E-state index in [9.17, 15) is 5.11 Å². The van der Waals surface area contributed by atoms with Crippen molar-refractivity contribution in [2.45, 2.75) is 59.1 Å². The number of nitrogens with one attached hydrogen (secondary N) is 1. The Morgan fingerprint density at radius 3 is 2.64 bits per heavy atom. The summed E-state index contributed by atoms with van der Waals surface area (Å²) in [5.41, 5.74) is 0.516. The fourth-order valence-electron chi connectivity index (χ4n) is 2.57. The molecule has 0 saturated heterocycles. The van der Waals surface area contributed by atoms with Crippen LogP contribution in [0.25, 0.3) is 0 Å². The number of aliphatic hydroxyl groups is 1. The minimum atomic E-state index is -0.225. The fraction of sp³-hybridized carbons (Fsp3) is 1.00. The van der Waals surface area contributed by atoms with Gasteiger partial charge >= 0.3 is 0 Å². The second kappa shape index (κ2) is 4.63. The predicted molar refractivity (Wildman–Crippen MR) is 60.3 cm³/mol. The highest BCUT2D eigenvalue weighted by Crippen LogP contribution is 2.38. The quantitative estimate of drug-likeness (QED) is 0.730. The van der Waals surface area contributed by atoms with E-state index >= 15 is 0 Å². The highest BCUT2D eigenvalue weighted by molar-refractivity contribution is 4.86. The van der Waals surface area contributed by atoms with Gasteiger partial charge in [0, 0.05) is 12.6 Å². The highest BCUT2D eigenvalue weighted by atomic mass is 16.3. The molecular weight excluding hydrogens is 174 g/mol. The van der Waals surface area contributed by atoms with Crippen molar-refractivity contribution >= 4 is 0 Å². The van der Waals surface area contributed by atoms with E-state index in [0.717, 1.165) is 12.5 Å². The summed E-state index contributed by atoms with van der Waals surface area (Å²) in [5.74, 6) is 0.734. The lowest BCUT2D eigenvalue weighted by Crippen LogP contribution is -2.43. The van der Waals surface area contributed by atoms with Crippen molar-refractivity contribution in [1.29, 1.82) is 0 Å². The maximum atomic E-state index is 9.21. The van der Waals surface area contributed by atoms with Gasteiger partial charge in [0.25, 0.3) is 0 Å². The van der Waals surface area contributed by atoms with Gasteiger partial charge in [-0.3, -0.25) is 0 Å². The van der Waals surface area contributed by atoms with Crippen molar-refractivity contribution in [2.24, 2.45) is 11.3 Å². The number of hydrogen-bond donors (Lipinski definition) is 2. The van der Waals surface area contributed by atoms with E-state index < -0.39 is 0 Å². The molecule has 1 saturated carbocycles. The van der Waals surface area contributed by atoms with Gasteiger partial charge in [0.05, 0.1) is 6.10 Å². The second-order valence-electron chi connectivity index (χ2n) is 5.75. The molecule has 84 valence electrons. The van der Waals surface area contributed by atoms with Gasteiger partial charge in [0.15, 0.2) is 0 Å². The van der Waals surface area contributed by atoms with Crippen LogP contribution in [0.4, 0.5) is 0 Å². The molecule has 0 radical (unpaired) electrons. The monoisotopic (exact) mass is 199 g/mol. The normalized spacial score (nSPS) is 34.1. The third kappa shape index (κ3) is 3.58. The zero-order valence-electron chi connectivity index (χ0n) is 10.0. The molecule has 2 nitrogen and oxygen atoms in total. The molecule has 2 N–H and O–H groups in total. The van der Waals surface area contributed by atoms with Crippen molar-refractivity contribution in [3.8, 4) is 0 Å². The maximum absolute atomic E-state index is 9.21. The molecule has 0 aliphatic heterocycles. The lowest BCUT2D eigenvalue weighted by Gasteiger charge is -2.39. The maximum Gasteiger partial charge on any atom is 0.0636 e. The van der Waals surface area contributed by atoms with Crippen LogP contribution in [0.1, 0.15) is 47.0 Å². The minimum Gasteiger partial charge on any atom is -0.392 e. The fourth-order valence-corrected chi connectivity index (χ4v) is 2.57. The van der Waals surface area contributed by atoms with E-state index in [0.29, 0.717) is 11.5 Å². The molecular formula is C12H25NO. The zero-order valence-corrected chi connectivity index (χ0v) is 10.0. The summed E-state index contributed by atoms with van der Waals surface area (Å²) >= 11 is 0. The standard InChI is InChI=1S/C12H25NO/c1-9-7-12(3,4)6-5-11(9)13-8-10(2)14/h9-11,13-14H,5-8H2,1-4H3. The molecule has 2 heteroatoms. The highest BCUT2D eigenvalue weighted by Gasteiger charge is 2.31. The van der Waals surface area contributed by atoms with Crippen LogP contribution in [0.2, 0.25) is 0 Å². The van der Waals surface area contributed by atoms with Gasteiger partial charge in [-0.1, -0.05) is 20.8 Å². The Bertz CT molecular complexity index is 175. The van der Waals surface area contributed by atoms with Crippen molar-refractivity contribution in [3.63, 3.8) is 0 Å². The first kappa shape index (κ1) is 12.0. The molecule has 1 fully saturated rings. The Labute approximate surface area is 88.1 Å². The first-order valence-electron chi connectivity index (χ1n) is 5.82. The molecule has 0 aromatic heterocycles. The SMILES string of the molecule is CC(O)CNC1CCC(C)(C)CC1C. The molecule has 0 aromatic carbocycles. The van der Waals surface area contributed by atoms with Crippen molar-refractivity contribution < 1.29 is 5.11 Å². The van der Waals surface area contributed by atoms with Crippen molar-refractivity contribution in [3.05, 3.63) is 0 Å². The summed E-state index contributed by atoms with van der Waals surface area (Å²) in [5, 5.41) is 12.7. The topological polar surface area (TPSA) is 32.3 Å². The molecule has 1 rings (SSSR count). The molecule has 14 heavy (non-hydrogen) atoms. The molecule has 1 aliphatic carbocycles. The minimum absolute atomic E-state index is 0.225. The van der Waals surface area contributed by atoms with Crippen molar-refractivity contribution in [2.75, 3.05) is 6.54 Å². The Morgan fingerprint density at radius 1 is 1.50 bits per heavy atom. The molecule has 0 heterocycles. The summed E-state index contributed by atoms with van der Waals surface area (Å²) in [4.78, 5) is 0. The van der Waals surface area contributed by atoms with Crippen LogP contribution in [0, 0.1) is 11.3 Å². The van der Waals surface area contributed by atoms with Crippen LogP contribution in [-0.2, 0) is 0 Å². The van der Waals surface area contributed by atoms with E-state index in [-0.39, 0.29) is 6.10 Å². The van der Waals surface area contributed by atoms with Crippen LogP contribution in [0.5, 0.6) is 0 Å². The van der Waals surface area contributed by atoms with Gasteiger partial charge in [0.1, 0.15) is 0 Å². The molecule has 0 bridgehead atoms. The summed E-state index contributed by atoms with van der Waals surface area (Å²) in [6.45, 7) is 9.60. The molecule has 0 spiro atoms. The molecule has 0 aromatic rings. The Morgan fingerprint density at radius 2 is 2.14 bits per heavy atom. The summed E-state index contributed by atoms with van der Waals surface area (Å²) in [6.07, 6.45) is 3.62.